The first kappa shape index (κ1) is 11.4. The van der Waals surface area contributed by atoms with E-state index in [0.717, 1.165) is 18.4 Å². The molecule has 2 saturated carbocycles. The minimum atomic E-state index is -0.896. The average Bonchev–Trinajstić information content (AvgIpc) is 2.23. The maximum atomic E-state index is 12.3. The van der Waals surface area contributed by atoms with Crippen molar-refractivity contribution in [3.63, 3.8) is 0 Å². The van der Waals surface area contributed by atoms with Gasteiger partial charge in [-0.1, -0.05) is 26.0 Å². The van der Waals surface area contributed by atoms with Crippen LogP contribution < -0.4 is 0 Å². The number of aliphatic carboxylic acids is 1. The normalized spacial score (nSPS) is 36.5. The van der Waals surface area contributed by atoms with Crippen molar-refractivity contribution in [2.45, 2.75) is 39.5 Å². The highest BCUT2D eigenvalue weighted by molar-refractivity contribution is 5.96. The Hall–Kier alpha value is -1.12. The molecule has 2 unspecified atom stereocenters. The smallest absolute Gasteiger partial charge is 0.304 e. The fourth-order valence-corrected chi connectivity index (χ4v) is 3.59. The van der Waals surface area contributed by atoms with Gasteiger partial charge < -0.3 is 5.11 Å². The molecule has 88 valence electrons. The predicted molar refractivity (Wildman–Crippen MR) is 60.0 cm³/mol. The molecule has 2 bridgehead atoms. The summed E-state index contributed by atoms with van der Waals surface area (Å²) in [4.78, 5) is 23.3. The highest BCUT2D eigenvalue weighted by Gasteiger charge is 2.60. The maximum absolute atomic E-state index is 12.3. The lowest BCUT2D eigenvalue weighted by molar-refractivity contribution is -0.143. The molecule has 0 aromatic heterocycles. The van der Waals surface area contributed by atoms with Crippen molar-refractivity contribution in [1.29, 1.82) is 0 Å². The topological polar surface area (TPSA) is 54.4 Å². The number of carboxylic acids is 1. The molecule has 2 atom stereocenters. The van der Waals surface area contributed by atoms with Crippen LogP contribution in [0.4, 0.5) is 0 Å². The van der Waals surface area contributed by atoms with Gasteiger partial charge in [0.1, 0.15) is 5.78 Å². The Morgan fingerprint density at radius 2 is 2.19 bits per heavy atom. The Morgan fingerprint density at radius 3 is 2.75 bits per heavy atom. The van der Waals surface area contributed by atoms with Gasteiger partial charge in [-0.2, -0.15) is 0 Å². The Bertz CT molecular complexity index is 381. The van der Waals surface area contributed by atoms with Crippen molar-refractivity contribution in [1.82, 2.24) is 0 Å². The van der Waals surface area contributed by atoms with Gasteiger partial charge in [0.2, 0.25) is 0 Å². The molecule has 0 aromatic carbocycles. The fraction of sp³-hybridized carbons (Fsp3) is 0.692. The number of carbonyl (C=O) groups is 2. The third-order valence-electron chi connectivity index (χ3n) is 4.35. The van der Waals surface area contributed by atoms with Gasteiger partial charge in [0.15, 0.2) is 0 Å². The van der Waals surface area contributed by atoms with Crippen molar-refractivity contribution in [2.24, 2.45) is 16.7 Å². The second-order valence-corrected chi connectivity index (χ2v) is 5.88. The van der Waals surface area contributed by atoms with Crippen LogP contribution in [0.3, 0.4) is 0 Å². The first-order valence-electron chi connectivity index (χ1n) is 5.74. The molecule has 0 spiro atoms. The summed E-state index contributed by atoms with van der Waals surface area (Å²) in [6, 6.07) is 0. The van der Waals surface area contributed by atoms with Crippen molar-refractivity contribution in [2.75, 3.05) is 0 Å². The molecule has 0 amide bonds. The van der Waals surface area contributed by atoms with Crippen LogP contribution >= 0.6 is 0 Å². The quantitative estimate of drug-likeness (QED) is 0.730. The summed E-state index contributed by atoms with van der Waals surface area (Å²) in [6.07, 6.45) is 2.21. The Labute approximate surface area is 95.5 Å². The molecule has 16 heavy (non-hydrogen) atoms. The maximum Gasteiger partial charge on any atom is 0.304 e. The Morgan fingerprint density at radius 1 is 1.56 bits per heavy atom. The molecule has 3 nitrogen and oxygen atoms in total. The number of rotatable bonds is 2. The van der Waals surface area contributed by atoms with Crippen LogP contribution in [-0.2, 0) is 9.59 Å². The Kier molecular flexibility index (Phi) is 2.26. The predicted octanol–water partition coefficient (Wildman–Crippen LogP) is 2.41. The molecular formula is C13H18O3. The zero-order valence-electron chi connectivity index (χ0n) is 9.88. The average molecular weight is 222 g/mol. The van der Waals surface area contributed by atoms with Gasteiger partial charge in [0.05, 0.1) is 11.8 Å². The van der Waals surface area contributed by atoms with E-state index in [1.807, 2.05) is 0 Å². The van der Waals surface area contributed by atoms with E-state index in [0.29, 0.717) is 6.42 Å². The number of carboxylic acid groups (broad SMARTS) is 1. The van der Waals surface area contributed by atoms with Crippen LogP contribution in [0.1, 0.15) is 39.5 Å². The van der Waals surface area contributed by atoms with Crippen molar-refractivity contribution in [3.05, 3.63) is 12.2 Å². The lowest BCUT2D eigenvalue weighted by Gasteiger charge is -2.32. The summed E-state index contributed by atoms with van der Waals surface area (Å²) in [7, 11) is 0. The molecule has 2 aliphatic rings. The Balaban J connectivity index is 2.45. The van der Waals surface area contributed by atoms with E-state index in [1.54, 1.807) is 0 Å². The summed E-state index contributed by atoms with van der Waals surface area (Å²) in [5.74, 6) is -0.749. The highest BCUT2D eigenvalue weighted by atomic mass is 16.4. The van der Waals surface area contributed by atoms with E-state index >= 15 is 0 Å². The van der Waals surface area contributed by atoms with Gasteiger partial charge in [0, 0.05) is 5.92 Å². The lowest BCUT2D eigenvalue weighted by atomic mass is 9.69. The zero-order chi connectivity index (χ0) is 12.1. The molecule has 0 aromatic rings. The number of allylic oxidation sites excluding steroid dienone is 1. The minimum Gasteiger partial charge on any atom is -0.481 e. The molecule has 0 aliphatic heterocycles. The van der Waals surface area contributed by atoms with Crippen LogP contribution in [0.5, 0.6) is 0 Å². The van der Waals surface area contributed by atoms with E-state index in [1.165, 1.54) is 0 Å². The first-order chi connectivity index (χ1) is 7.29. The first-order valence-corrected chi connectivity index (χ1v) is 5.74. The van der Waals surface area contributed by atoms with Gasteiger partial charge in [-0.05, 0) is 24.7 Å². The molecule has 1 N–H and O–H groups in total. The van der Waals surface area contributed by atoms with Crippen LogP contribution in [0, 0.1) is 16.7 Å². The second-order valence-electron chi connectivity index (χ2n) is 5.88. The monoisotopic (exact) mass is 222 g/mol. The number of fused-ring (bicyclic) bond motifs is 2. The van der Waals surface area contributed by atoms with E-state index in [2.05, 4.69) is 20.4 Å². The molecule has 2 aliphatic carbocycles. The molecule has 0 radical (unpaired) electrons. The van der Waals surface area contributed by atoms with E-state index in [-0.39, 0.29) is 23.5 Å². The van der Waals surface area contributed by atoms with Crippen LogP contribution in [0.25, 0.3) is 0 Å². The third-order valence-corrected chi connectivity index (χ3v) is 4.35. The summed E-state index contributed by atoms with van der Waals surface area (Å²) >= 11 is 0. The number of hydrogen-bond acceptors (Lipinski definition) is 2. The molecule has 0 saturated heterocycles. The van der Waals surface area contributed by atoms with Gasteiger partial charge in [0.25, 0.3) is 0 Å². The van der Waals surface area contributed by atoms with Crippen molar-refractivity contribution < 1.29 is 14.7 Å². The van der Waals surface area contributed by atoms with Gasteiger partial charge >= 0.3 is 5.97 Å². The summed E-state index contributed by atoms with van der Waals surface area (Å²) in [5.41, 5.74) is -0.00810. The highest BCUT2D eigenvalue weighted by Crippen LogP contribution is 2.60. The van der Waals surface area contributed by atoms with E-state index < -0.39 is 11.4 Å². The molecule has 2 fully saturated rings. The van der Waals surface area contributed by atoms with E-state index in [9.17, 15) is 9.59 Å². The third kappa shape index (κ3) is 1.34. The molecule has 2 rings (SSSR count). The SMILES string of the molecule is C=C1CCC2C(=O)C1(CC(=O)O)CC2(C)C. The number of Topliss-reactive ketones (excluding diaryl/α,β-unsaturated/α-hetero) is 1. The molecule has 3 heteroatoms. The molecular weight excluding hydrogens is 204 g/mol. The molecule has 0 heterocycles. The van der Waals surface area contributed by atoms with E-state index in [4.69, 9.17) is 5.11 Å². The fourth-order valence-electron chi connectivity index (χ4n) is 3.59. The number of carbonyl (C=O) groups excluding carboxylic acids is 1. The standard InChI is InChI=1S/C13H18O3/c1-8-4-5-9-11(16)13(8,6-10(14)15)7-12(9,2)3/h9H,1,4-7H2,2-3H3,(H,14,15). The van der Waals surface area contributed by atoms with Crippen molar-refractivity contribution >= 4 is 11.8 Å². The van der Waals surface area contributed by atoms with Gasteiger partial charge in [-0.25, -0.2) is 0 Å². The number of ketones is 1. The minimum absolute atomic E-state index is 0.0253. The summed E-state index contributed by atoms with van der Waals surface area (Å²) in [6.45, 7) is 8.08. The van der Waals surface area contributed by atoms with Crippen LogP contribution in [0.2, 0.25) is 0 Å². The number of hydrogen-bond donors (Lipinski definition) is 1. The summed E-state index contributed by atoms with van der Waals surface area (Å²) in [5, 5.41) is 8.99. The van der Waals surface area contributed by atoms with Gasteiger partial charge in [-0.3, -0.25) is 9.59 Å². The zero-order valence-corrected chi connectivity index (χ0v) is 9.88. The van der Waals surface area contributed by atoms with Crippen molar-refractivity contribution in [3.8, 4) is 0 Å². The second kappa shape index (κ2) is 3.19. The summed E-state index contributed by atoms with van der Waals surface area (Å²) < 4.78 is 0. The lowest BCUT2D eigenvalue weighted by Crippen LogP contribution is -2.36. The largest absolute Gasteiger partial charge is 0.481 e. The van der Waals surface area contributed by atoms with Gasteiger partial charge in [-0.15, -0.1) is 0 Å². The van der Waals surface area contributed by atoms with Crippen LogP contribution in [0.15, 0.2) is 12.2 Å². The van der Waals surface area contributed by atoms with Crippen LogP contribution in [-0.4, -0.2) is 16.9 Å².